The normalized spacial score (nSPS) is 14.1. The molecule has 172 valence electrons. The van der Waals surface area contributed by atoms with Crippen molar-refractivity contribution in [2.45, 2.75) is 44.7 Å². The average molecular weight is 434 g/mol. The predicted octanol–water partition coefficient (Wildman–Crippen LogP) is 1.33. The minimum atomic E-state index is 0.432. The van der Waals surface area contributed by atoms with Gasteiger partial charge in [-0.15, -0.1) is 0 Å². The number of nitrogens with one attached hydrogen (secondary N) is 3. The molecule has 0 unspecified atom stereocenters. The standard InChI is InChI=1S/C20H35N9O2/c21-6-12-30-14-15-31-13-9-24-19-26-18(23-7-3-10-29-11-8-22-16-29)27-20(28-19)25-17-4-1-2-5-17/h8,11,16-17H,1-7,9-10,12-15,21H2,(H3,23,24,25,26,27,28). The highest BCUT2D eigenvalue weighted by Crippen LogP contribution is 2.21. The summed E-state index contributed by atoms with van der Waals surface area (Å²) in [5.74, 6) is 1.72. The molecule has 0 atom stereocenters. The van der Waals surface area contributed by atoms with Gasteiger partial charge < -0.3 is 35.7 Å². The van der Waals surface area contributed by atoms with Gasteiger partial charge in [0.15, 0.2) is 0 Å². The van der Waals surface area contributed by atoms with Gasteiger partial charge in [-0.05, 0) is 19.3 Å². The predicted molar refractivity (Wildman–Crippen MR) is 120 cm³/mol. The molecule has 0 aromatic carbocycles. The van der Waals surface area contributed by atoms with Crippen LogP contribution >= 0.6 is 0 Å². The van der Waals surface area contributed by atoms with Crippen molar-refractivity contribution in [1.29, 1.82) is 0 Å². The Bertz CT molecular complexity index is 723. The molecule has 31 heavy (non-hydrogen) atoms. The van der Waals surface area contributed by atoms with Crippen LogP contribution in [0.2, 0.25) is 0 Å². The maximum Gasteiger partial charge on any atom is 0.229 e. The maximum absolute atomic E-state index is 5.55. The lowest BCUT2D eigenvalue weighted by Crippen LogP contribution is -2.20. The van der Waals surface area contributed by atoms with Crippen molar-refractivity contribution in [3.63, 3.8) is 0 Å². The number of aryl methyl sites for hydroxylation is 1. The molecule has 11 nitrogen and oxygen atoms in total. The Morgan fingerprint density at radius 1 is 0.935 bits per heavy atom. The number of rotatable bonds is 16. The van der Waals surface area contributed by atoms with Gasteiger partial charge in [-0.2, -0.15) is 15.0 Å². The number of nitrogens with two attached hydrogens (primary N) is 1. The van der Waals surface area contributed by atoms with Crippen molar-refractivity contribution in [1.82, 2.24) is 24.5 Å². The van der Waals surface area contributed by atoms with Crippen molar-refractivity contribution in [3.05, 3.63) is 18.7 Å². The Morgan fingerprint density at radius 2 is 1.65 bits per heavy atom. The van der Waals surface area contributed by atoms with E-state index >= 15 is 0 Å². The van der Waals surface area contributed by atoms with Gasteiger partial charge in [0.1, 0.15) is 0 Å². The summed E-state index contributed by atoms with van der Waals surface area (Å²) in [6, 6.07) is 0.432. The van der Waals surface area contributed by atoms with Crippen molar-refractivity contribution in [2.24, 2.45) is 5.73 Å². The molecule has 1 saturated carbocycles. The van der Waals surface area contributed by atoms with E-state index < -0.39 is 0 Å². The number of hydrogen-bond acceptors (Lipinski definition) is 10. The van der Waals surface area contributed by atoms with E-state index in [9.17, 15) is 0 Å². The van der Waals surface area contributed by atoms with Gasteiger partial charge in [0.2, 0.25) is 17.8 Å². The summed E-state index contributed by atoms with van der Waals surface area (Å²) >= 11 is 0. The van der Waals surface area contributed by atoms with Crippen molar-refractivity contribution in [3.8, 4) is 0 Å². The first kappa shape index (κ1) is 23.2. The molecule has 11 heteroatoms. The minimum Gasteiger partial charge on any atom is -0.378 e. The Balaban J connectivity index is 1.45. The molecule has 0 aliphatic heterocycles. The molecular formula is C20H35N9O2. The zero-order valence-electron chi connectivity index (χ0n) is 18.1. The highest BCUT2D eigenvalue weighted by atomic mass is 16.5. The van der Waals surface area contributed by atoms with E-state index in [0.717, 1.165) is 32.4 Å². The van der Waals surface area contributed by atoms with Crippen LogP contribution in [0.5, 0.6) is 0 Å². The van der Waals surface area contributed by atoms with Crippen LogP contribution in [-0.4, -0.2) is 76.6 Å². The quantitative estimate of drug-likeness (QED) is 0.287. The topological polar surface area (TPSA) is 137 Å². The third kappa shape index (κ3) is 9.03. The maximum atomic E-state index is 5.55. The van der Waals surface area contributed by atoms with Gasteiger partial charge in [-0.3, -0.25) is 0 Å². The van der Waals surface area contributed by atoms with E-state index in [4.69, 9.17) is 15.2 Å². The molecule has 2 aromatic heterocycles. The molecule has 3 rings (SSSR count). The summed E-state index contributed by atoms with van der Waals surface area (Å²) in [6.07, 6.45) is 11.3. The number of nitrogens with zero attached hydrogens (tertiary/aromatic N) is 5. The van der Waals surface area contributed by atoms with Crippen LogP contribution in [0.1, 0.15) is 32.1 Å². The van der Waals surface area contributed by atoms with Crippen molar-refractivity contribution >= 4 is 17.8 Å². The van der Waals surface area contributed by atoms with Crippen LogP contribution < -0.4 is 21.7 Å². The molecule has 1 aliphatic rings. The zero-order valence-corrected chi connectivity index (χ0v) is 18.1. The van der Waals surface area contributed by atoms with Crippen LogP contribution in [0.3, 0.4) is 0 Å². The monoisotopic (exact) mass is 433 g/mol. The molecule has 0 amide bonds. The van der Waals surface area contributed by atoms with E-state index in [1.54, 1.807) is 6.20 Å². The fourth-order valence-electron chi connectivity index (χ4n) is 3.37. The van der Waals surface area contributed by atoms with Crippen LogP contribution in [0, 0.1) is 0 Å². The lowest BCUT2D eigenvalue weighted by molar-refractivity contribution is 0.0547. The van der Waals surface area contributed by atoms with E-state index in [1.165, 1.54) is 12.8 Å². The largest absolute Gasteiger partial charge is 0.378 e. The summed E-state index contributed by atoms with van der Waals surface area (Å²) < 4.78 is 12.9. The lowest BCUT2D eigenvalue weighted by atomic mass is 10.3. The first-order chi connectivity index (χ1) is 15.3. The molecule has 0 saturated heterocycles. The highest BCUT2D eigenvalue weighted by molar-refractivity contribution is 5.42. The second-order valence-electron chi connectivity index (χ2n) is 7.45. The molecule has 2 heterocycles. The molecular weight excluding hydrogens is 398 g/mol. The fraction of sp³-hybridized carbons (Fsp3) is 0.700. The number of hydrogen-bond donors (Lipinski definition) is 4. The molecule has 2 aromatic rings. The average Bonchev–Trinajstić information content (AvgIpc) is 3.47. The van der Waals surface area contributed by atoms with Crippen LogP contribution in [-0.2, 0) is 16.0 Å². The smallest absolute Gasteiger partial charge is 0.229 e. The molecule has 1 fully saturated rings. The zero-order chi connectivity index (χ0) is 21.6. The fourth-order valence-corrected chi connectivity index (χ4v) is 3.37. The highest BCUT2D eigenvalue weighted by Gasteiger charge is 2.16. The lowest BCUT2D eigenvalue weighted by Gasteiger charge is -2.14. The molecule has 0 spiro atoms. The first-order valence-electron chi connectivity index (χ1n) is 11.1. The minimum absolute atomic E-state index is 0.432. The Morgan fingerprint density at radius 3 is 2.35 bits per heavy atom. The van der Waals surface area contributed by atoms with E-state index in [0.29, 0.717) is 63.4 Å². The number of aromatic nitrogens is 5. The van der Waals surface area contributed by atoms with Gasteiger partial charge in [0.05, 0.1) is 32.8 Å². The Hall–Kier alpha value is -2.50. The first-order valence-corrected chi connectivity index (χ1v) is 11.1. The summed E-state index contributed by atoms with van der Waals surface area (Å²) in [5, 5.41) is 9.99. The SMILES string of the molecule is NCCOCCOCCNc1nc(NCCCn2ccnc2)nc(NC2CCCC2)n1. The third-order valence-electron chi connectivity index (χ3n) is 4.92. The Kier molecular flexibility index (Phi) is 10.3. The third-order valence-corrected chi connectivity index (χ3v) is 4.92. The van der Waals surface area contributed by atoms with Crippen LogP contribution in [0.15, 0.2) is 18.7 Å². The van der Waals surface area contributed by atoms with Crippen molar-refractivity contribution < 1.29 is 9.47 Å². The Labute approximate surface area is 183 Å². The second-order valence-corrected chi connectivity index (χ2v) is 7.45. The summed E-state index contributed by atoms with van der Waals surface area (Å²) in [5.41, 5.74) is 5.38. The summed E-state index contributed by atoms with van der Waals surface area (Å²) in [4.78, 5) is 17.7. The molecule has 1 aliphatic carbocycles. The molecule has 0 bridgehead atoms. The van der Waals surface area contributed by atoms with E-state index in [2.05, 4.69) is 40.5 Å². The van der Waals surface area contributed by atoms with Gasteiger partial charge in [0, 0.05) is 44.6 Å². The van der Waals surface area contributed by atoms with Gasteiger partial charge in [-0.1, -0.05) is 12.8 Å². The number of anilines is 3. The van der Waals surface area contributed by atoms with Gasteiger partial charge in [0.25, 0.3) is 0 Å². The molecule has 0 radical (unpaired) electrons. The second kappa shape index (κ2) is 13.7. The van der Waals surface area contributed by atoms with E-state index in [-0.39, 0.29) is 0 Å². The van der Waals surface area contributed by atoms with E-state index in [1.807, 2.05) is 12.5 Å². The van der Waals surface area contributed by atoms with Crippen molar-refractivity contribution in [2.75, 3.05) is 62.0 Å². The van der Waals surface area contributed by atoms with Gasteiger partial charge in [-0.25, -0.2) is 4.98 Å². The number of ether oxygens (including phenoxy) is 2. The van der Waals surface area contributed by atoms with Crippen LogP contribution in [0.4, 0.5) is 17.8 Å². The number of imidazole rings is 1. The van der Waals surface area contributed by atoms with Gasteiger partial charge >= 0.3 is 0 Å². The molecule has 5 N–H and O–H groups in total. The summed E-state index contributed by atoms with van der Waals surface area (Å²) in [6.45, 7) is 4.96. The summed E-state index contributed by atoms with van der Waals surface area (Å²) in [7, 11) is 0. The van der Waals surface area contributed by atoms with Crippen LogP contribution in [0.25, 0.3) is 0 Å².